The normalized spacial score (nSPS) is 13.9. The Morgan fingerprint density at radius 3 is 2.19 bits per heavy atom. The van der Waals surface area contributed by atoms with Crippen molar-refractivity contribution < 1.29 is 51.6 Å². The summed E-state index contributed by atoms with van der Waals surface area (Å²) in [5, 5.41) is 9.42. The first-order valence-corrected chi connectivity index (χ1v) is 8.22. The number of aliphatic hydroxyl groups is 1. The van der Waals surface area contributed by atoms with Crippen molar-refractivity contribution in [3.63, 3.8) is 0 Å². The van der Waals surface area contributed by atoms with Crippen molar-refractivity contribution in [2.24, 2.45) is 0 Å². The van der Waals surface area contributed by atoms with Gasteiger partial charge in [-0.3, -0.25) is 0 Å². The van der Waals surface area contributed by atoms with Crippen LogP contribution >= 0.6 is 9.47 Å². The van der Waals surface area contributed by atoms with Gasteiger partial charge in [-0.25, -0.2) is 4.79 Å². The van der Waals surface area contributed by atoms with E-state index < -0.39 is 20.4 Å². The fraction of sp³-hybridized carbons (Fsp3) is 0.889. The SMILES string of the molecule is CC(C)(C)[Si](C)(C)OC[C@H](O)C(=O)OP.[Y]. The first-order valence-electron chi connectivity index (χ1n) is 4.84. The molecule has 0 aliphatic carbocycles. The number of carbonyl (C=O) groups is 1. The summed E-state index contributed by atoms with van der Waals surface area (Å²) in [6.07, 6.45) is -1.20. The third-order valence-corrected chi connectivity index (χ3v) is 7.53. The van der Waals surface area contributed by atoms with Gasteiger partial charge >= 0.3 is 5.97 Å². The summed E-state index contributed by atoms with van der Waals surface area (Å²) in [6.45, 7) is 10.4. The molecule has 0 aliphatic heterocycles. The molecule has 1 N–H and O–H groups in total. The summed E-state index contributed by atoms with van der Waals surface area (Å²) < 4.78 is 9.98. The first kappa shape index (κ1) is 19.5. The van der Waals surface area contributed by atoms with Crippen molar-refractivity contribution in [1.82, 2.24) is 0 Å². The van der Waals surface area contributed by atoms with Gasteiger partial charge in [-0.15, -0.1) is 0 Å². The second kappa shape index (κ2) is 7.55. The van der Waals surface area contributed by atoms with Crippen molar-refractivity contribution in [1.29, 1.82) is 0 Å². The van der Waals surface area contributed by atoms with Crippen molar-refractivity contribution in [2.45, 2.75) is 45.0 Å². The van der Waals surface area contributed by atoms with E-state index in [-0.39, 0.29) is 44.4 Å². The van der Waals surface area contributed by atoms with Gasteiger partial charge in [0.2, 0.25) is 0 Å². The molecule has 0 saturated carbocycles. The zero-order valence-electron chi connectivity index (χ0n) is 10.6. The summed E-state index contributed by atoms with van der Waals surface area (Å²) in [5.74, 6) is -0.682. The summed E-state index contributed by atoms with van der Waals surface area (Å²) in [4.78, 5) is 10.9. The predicted molar refractivity (Wildman–Crippen MR) is 65.0 cm³/mol. The molecule has 0 aromatic heterocycles. The van der Waals surface area contributed by atoms with E-state index in [0.29, 0.717) is 0 Å². The van der Waals surface area contributed by atoms with E-state index in [0.717, 1.165) is 0 Å². The van der Waals surface area contributed by atoms with Crippen LogP contribution in [0, 0.1) is 0 Å². The van der Waals surface area contributed by atoms with Gasteiger partial charge in [0.25, 0.3) is 0 Å². The summed E-state index contributed by atoms with van der Waals surface area (Å²) in [5.41, 5.74) is 0. The van der Waals surface area contributed by atoms with Gasteiger partial charge in [0.15, 0.2) is 14.4 Å². The molecule has 1 unspecified atom stereocenters. The summed E-state index contributed by atoms with van der Waals surface area (Å²) >= 11 is 0. The molecule has 0 aromatic carbocycles. The van der Waals surface area contributed by atoms with E-state index in [1.54, 1.807) is 0 Å². The minimum absolute atomic E-state index is 0. The minimum atomic E-state index is -1.90. The molecule has 0 spiro atoms. The van der Waals surface area contributed by atoms with Crippen LogP contribution in [0.25, 0.3) is 0 Å². The van der Waals surface area contributed by atoms with E-state index in [2.05, 4.69) is 38.4 Å². The van der Waals surface area contributed by atoms with E-state index in [9.17, 15) is 9.90 Å². The number of hydrogen-bond acceptors (Lipinski definition) is 4. The average molecular weight is 341 g/mol. The molecule has 0 bridgehead atoms. The van der Waals surface area contributed by atoms with Crippen LogP contribution in [0.4, 0.5) is 0 Å². The summed E-state index contributed by atoms with van der Waals surface area (Å²) in [7, 11) is -0.0869. The molecule has 2 atom stereocenters. The molecule has 0 heterocycles. The molecular formula is C9H21O4PSiY. The molecule has 0 rings (SSSR count). The number of rotatable bonds is 4. The van der Waals surface area contributed by atoms with Gasteiger partial charge in [-0.1, -0.05) is 20.8 Å². The molecule has 0 aromatic rings. The summed E-state index contributed by atoms with van der Waals surface area (Å²) in [6, 6.07) is 0. The van der Waals surface area contributed by atoms with Crippen molar-refractivity contribution in [3.05, 3.63) is 0 Å². The second-order valence-electron chi connectivity index (χ2n) is 5.02. The average Bonchev–Trinajstić information content (AvgIpc) is 2.11. The topological polar surface area (TPSA) is 55.8 Å². The van der Waals surface area contributed by atoms with Gasteiger partial charge in [-0.2, -0.15) is 0 Å². The maximum atomic E-state index is 10.9. The molecule has 1 radical (unpaired) electrons. The Hall–Kier alpha value is 1.14. The van der Waals surface area contributed by atoms with E-state index in [1.165, 1.54) is 0 Å². The van der Waals surface area contributed by atoms with E-state index >= 15 is 0 Å². The monoisotopic (exact) mass is 341 g/mol. The number of aliphatic hydroxyl groups excluding tert-OH is 1. The van der Waals surface area contributed by atoms with Gasteiger partial charge in [0, 0.05) is 32.7 Å². The Kier molecular flexibility index (Phi) is 9.19. The quantitative estimate of drug-likeness (QED) is 0.625. The molecular weight excluding hydrogens is 320 g/mol. The van der Waals surface area contributed by atoms with Crippen LogP contribution in [-0.4, -0.2) is 32.1 Å². The zero-order valence-corrected chi connectivity index (χ0v) is 15.6. The standard InChI is InChI=1S/C9H21O4PSi.Y/c1-9(2,3)15(4,5)12-6-7(10)8(11)13-14;/h7,10H,6,14H2,1-5H3;/t7-;/m0./s1. The van der Waals surface area contributed by atoms with Gasteiger partial charge < -0.3 is 14.1 Å². The van der Waals surface area contributed by atoms with Crippen molar-refractivity contribution in [2.75, 3.05) is 6.61 Å². The Morgan fingerprint density at radius 1 is 1.44 bits per heavy atom. The molecule has 0 aliphatic rings. The third kappa shape index (κ3) is 6.18. The van der Waals surface area contributed by atoms with Crippen LogP contribution < -0.4 is 0 Å². The Balaban J connectivity index is 0. The molecule has 93 valence electrons. The van der Waals surface area contributed by atoms with E-state index in [4.69, 9.17) is 4.43 Å². The Morgan fingerprint density at radius 2 is 1.88 bits per heavy atom. The predicted octanol–water partition coefficient (Wildman–Crippen LogP) is 1.70. The smallest absolute Gasteiger partial charge is 0.339 e. The van der Waals surface area contributed by atoms with Crippen molar-refractivity contribution >= 4 is 23.8 Å². The molecule has 0 fully saturated rings. The minimum Gasteiger partial charge on any atom is -0.450 e. The van der Waals surface area contributed by atoms with Crippen LogP contribution in [0.3, 0.4) is 0 Å². The maximum absolute atomic E-state index is 10.9. The fourth-order valence-electron chi connectivity index (χ4n) is 0.650. The van der Waals surface area contributed by atoms with Crippen LogP contribution in [-0.2, 0) is 46.5 Å². The fourth-order valence-corrected chi connectivity index (χ4v) is 1.81. The molecule has 0 amide bonds. The largest absolute Gasteiger partial charge is 0.450 e. The molecule has 0 saturated heterocycles. The first-order chi connectivity index (χ1) is 6.62. The van der Waals surface area contributed by atoms with Crippen molar-refractivity contribution in [3.8, 4) is 0 Å². The van der Waals surface area contributed by atoms with Gasteiger partial charge in [0.1, 0.15) is 0 Å². The van der Waals surface area contributed by atoms with Gasteiger partial charge in [0.05, 0.1) is 16.1 Å². The van der Waals surface area contributed by atoms with E-state index in [1.807, 2.05) is 9.47 Å². The van der Waals surface area contributed by atoms with Gasteiger partial charge in [-0.05, 0) is 18.1 Å². The second-order valence-corrected chi connectivity index (χ2v) is 10.1. The Bertz CT molecular complexity index is 230. The zero-order chi connectivity index (χ0) is 12.3. The molecule has 4 nitrogen and oxygen atoms in total. The van der Waals surface area contributed by atoms with Crippen LogP contribution in [0.1, 0.15) is 20.8 Å². The molecule has 7 heteroatoms. The van der Waals surface area contributed by atoms with Crippen LogP contribution in [0.5, 0.6) is 0 Å². The third-order valence-electron chi connectivity index (χ3n) is 2.80. The number of hydrogen-bond donors (Lipinski definition) is 1. The van der Waals surface area contributed by atoms with Crippen LogP contribution in [0.2, 0.25) is 18.1 Å². The Labute approximate surface area is 126 Å². The molecule has 16 heavy (non-hydrogen) atoms. The van der Waals surface area contributed by atoms with Crippen LogP contribution in [0.15, 0.2) is 0 Å². The number of carbonyl (C=O) groups excluding carboxylic acids is 1. The maximum Gasteiger partial charge on any atom is 0.339 e.